The van der Waals surface area contributed by atoms with Gasteiger partial charge in [0.2, 0.25) is 5.88 Å². The number of rotatable bonds is 7. The molecule has 1 saturated heterocycles. The molecule has 2 unspecified atom stereocenters. The number of carboxylic acids is 1. The molecule has 2 atom stereocenters. The van der Waals surface area contributed by atoms with Gasteiger partial charge in [0.05, 0.1) is 41.3 Å². The number of pyridine rings is 2. The van der Waals surface area contributed by atoms with Crippen LogP contribution >= 0.6 is 11.8 Å². The molecule has 0 spiro atoms. The lowest BCUT2D eigenvalue weighted by Gasteiger charge is -2.26. The molecule has 7 nitrogen and oxygen atoms in total. The Balaban J connectivity index is 1.61. The molecule has 1 N–H and O–H groups in total. The fourth-order valence-corrected chi connectivity index (χ4v) is 7.18. The number of thioether (sulfide) groups is 1. The molecule has 2 aromatic carbocycles. The van der Waals surface area contributed by atoms with Crippen molar-refractivity contribution >= 4 is 23.0 Å². The van der Waals surface area contributed by atoms with Crippen molar-refractivity contribution in [2.75, 3.05) is 7.11 Å². The van der Waals surface area contributed by atoms with Crippen LogP contribution in [-0.4, -0.2) is 44.3 Å². The second kappa shape index (κ2) is 13.4. The molecule has 270 valence electrons. The van der Waals surface area contributed by atoms with Crippen molar-refractivity contribution < 1.29 is 58.9 Å². The number of carbonyl (C=O) groups excluding carboxylic acids is 1. The van der Waals surface area contributed by atoms with Gasteiger partial charge < -0.3 is 14.7 Å². The number of aromatic nitrogens is 2. The van der Waals surface area contributed by atoms with Crippen molar-refractivity contribution in [3.63, 3.8) is 0 Å². The smallest absolute Gasteiger partial charge is 0.433 e. The van der Waals surface area contributed by atoms with Crippen molar-refractivity contribution in [1.82, 2.24) is 14.9 Å². The molecule has 0 radical (unpaired) electrons. The third kappa shape index (κ3) is 7.62. The fourth-order valence-electron chi connectivity index (χ4n) is 5.98. The van der Waals surface area contributed by atoms with Crippen LogP contribution in [0.2, 0.25) is 0 Å². The molecule has 4 aromatic rings. The lowest BCUT2D eigenvalue weighted by molar-refractivity contribution is -0.143. The summed E-state index contributed by atoms with van der Waals surface area (Å²) in [4.78, 5) is 34.0. The van der Waals surface area contributed by atoms with Gasteiger partial charge in [-0.1, -0.05) is 17.8 Å². The molecule has 51 heavy (non-hydrogen) atoms. The summed E-state index contributed by atoms with van der Waals surface area (Å²) >= 11 is 0.441. The molecule has 1 amide bonds. The van der Waals surface area contributed by atoms with Gasteiger partial charge in [0, 0.05) is 28.9 Å². The summed E-state index contributed by atoms with van der Waals surface area (Å²) in [5.41, 5.74) is -2.87. The van der Waals surface area contributed by atoms with Crippen molar-refractivity contribution in [2.24, 2.45) is 0 Å². The number of hydrogen-bond acceptors (Lipinski definition) is 6. The highest BCUT2D eigenvalue weighted by Gasteiger charge is 2.43. The number of halogens is 9. The van der Waals surface area contributed by atoms with Crippen molar-refractivity contribution in [3.05, 3.63) is 99.5 Å². The van der Waals surface area contributed by atoms with E-state index in [-0.39, 0.29) is 34.3 Å². The first kappa shape index (κ1) is 37.5. The van der Waals surface area contributed by atoms with Gasteiger partial charge in [0.25, 0.3) is 5.24 Å². The summed E-state index contributed by atoms with van der Waals surface area (Å²) < 4.78 is 129. The van der Waals surface area contributed by atoms with Crippen LogP contribution < -0.4 is 4.74 Å². The van der Waals surface area contributed by atoms with Crippen molar-refractivity contribution in [1.29, 1.82) is 0 Å². The molecule has 3 heterocycles. The molecule has 17 heteroatoms. The standard InChI is InChI=1S/C34H26F9N3O4S/c1-15-7-19(30(47)48)8-16(2)27(15)20-11-24(29(50-4)44-13-20)23-5-6-26(34(41,42)43)45-25(23)14-46-17(3)28(51-31(46)49)18-9-21(32(35,36)37)12-22(10-18)33(38,39)40/h5-13,17,28H,14H2,1-4H3,(H,47,48). The summed E-state index contributed by atoms with van der Waals surface area (Å²) in [6.07, 6.45) is -13.8. The lowest BCUT2D eigenvalue weighted by Crippen LogP contribution is -2.32. The average molecular weight is 744 g/mol. The minimum Gasteiger partial charge on any atom is -0.481 e. The number of methoxy groups -OCH3 is 1. The molecule has 1 aliphatic heterocycles. The van der Waals surface area contributed by atoms with E-state index in [4.69, 9.17) is 4.74 Å². The third-order valence-electron chi connectivity index (χ3n) is 8.32. The largest absolute Gasteiger partial charge is 0.481 e. The molecule has 0 saturated carbocycles. The zero-order valence-electron chi connectivity index (χ0n) is 26.9. The van der Waals surface area contributed by atoms with Crippen LogP contribution in [-0.2, 0) is 25.1 Å². The normalized spacial score (nSPS) is 16.9. The Labute approximate surface area is 288 Å². The monoisotopic (exact) mass is 743 g/mol. The van der Waals surface area contributed by atoms with E-state index in [1.54, 1.807) is 19.9 Å². The van der Waals surface area contributed by atoms with Gasteiger partial charge in [-0.2, -0.15) is 39.5 Å². The maximum atomic E-state index is 13.9. The van der Waals surface area contributed by atoms with Crippen LogP contribution in [0, 0.1) is 13.8 Å². The van der Waals surface area contributed by atoms with Crippen molar-refractivity contribution in [2.45, 2.75) is 57.1 Å². The minimum absolute atomic E-state index is 0.0324. The first-order valence-corrected chi connectivity index (χ1v) is 15.7. The van der Waals surface area contributed by atoms with E-state index in [9.17, 15) is 54.2 Å². The molecule has 0 aliphatic carbocycles. The number of carbonyl (C=O) groups is 2. The zero-order chi connectivity index (χ0) is 37.8. The van der Waals surface area contributed by atoms with E-state index in [1.807, 2.05) is 0 Å². The number of hydrogen-bond donors (Lipinski definition) is 1. The van der Waals surface area contributed by atoms with E-state index in [2.05, 4.69) is 9.97 Å². The molecule has 5 rings (SSSR count). The second-order valence-corrected chi connectivity index (χ2v) is 12.9. The molecular formula is C34H26F9N3O4S. The Kier molecular flexibility index (Phi) is 9.84. The number of nitrogens with zero attached hydrogens (tertiary/aromatic N) is 3. The molecule has 2 aromatic heterocycles. The van der Waals surface area contributed by atoms with E-state index in [0.29, 0.717) is 52.2 Å². The molecule has 1 aliphatic rings. The van der Waals surface area contributed by atoms with Gasteiger partial charge in [0.1, 0.15) is 5.69 Å². The van der Waals surface area contributed by atoms with Crippen LogP contribution in [0.1, 0.15) is 61.7 Å². The summed E-state index contributed by atoms with van der Waals surface area (Å²) in [5, 5.41) is 7.39. The minimum atomic E-state index is -5.14. The summed E-state index contributed by atoms with van der Waals surface area (Å²) in [6.45, 7) is 4.08. The number of aryl methyl sites for hydroxylation is 2. The van der Waals surface area contributed by atoms with Gasteiger partial charge in [0.15, 0.2) is 0 Å². The highest BCUT2D eigenvalue weighted by molar-refractivity contribution is 8.14. The summed E-state index contributed by atoms with van der Waals surface area (Å²) in [6, 6.07) is 6.13. The van der Waals surface area contributed by atoms with Crippen LogP contribution in [0.5, 0.6) is 5.88 Å². The number of benzene rings is 2. The summed E-state index contributed by atoms with van der Waals surface area (Å²) in [5.74, 6) is -1.20. The highest BCUT2D eigenvalue weighted by Crippen LogP contribution is 2.47. The van der Waals surface area contributed by atoms with Crippen molar-refractivity contribution in [3.8, 4) is 28.1 Å². The Bertz CT molecular complexity index is 1970. The first-order valence-electron chi connectivity index (χ1n) is 14.8. The quantitative estimate of drug-likeness (QED) is 0.189. The average Bonchev–Trinajstić information content (AvgIpc) is 3.31. The van der Waals surface area contributed by atoms with E-state index >= 15 is 0 Å². The van der Waals surface area contributed by atoms with Gasteiger partial charge >= 0.3 is 24.5 Å². The number of carboxylic acid groups (broad SMARTS) is 1. The van der Waals surface area contributed by atoms with Crippen LogP contribution in [0.3, 0.4) is 0 Å². The van der Waals surface area contributed by atoms with Gasteiger partial charge in [-0.05, 0) is 85.5 Å². The Morgan fingerprint density at radius 3 is 1.98 bits per heavy atom. The Morgan fingerprint density at radius 1 is 0.882 bits per heavy atom. The maximum Gasteiger partial charge on any atom is 0.433 e. The van der Waals surface area contributed by atoms with E-state index in [1.165, 1.54) is 32.4 Å². The topological polar surface area (TPSA) is 92.6 Å². The Hall–Kier alpha value is -4.80. The molecule has 0 bridgehead atoms. The van der Waals surface area contributed by atoms with Gasteiger partial charge in [-0.15, -0.1) is 0 Å². The number of ether oxygens (including phenoxy) is 1. The highest BCUT2D eigenvalue weighted by atomic mass is 32.2. The van der Waals surface area contributed by atoms with Crippen LogP contribution in [0.4, 0.5) is 44.3 Å². The fraction of sp³-hybridized carbons (Fsp3) is 0.294. The number of amides is 1. The first-order chi connectivity index (χ1) is 23.6. The Morgan fingerprint density at radius 2 is 1.47 bits per heavy atom. The van der Waals surface area contributed by atoms with Crippen LogP contribution in [0.25, 0.3) is 22.3 Å². The van der Waals surface area contributed by atoms with Gasteiger partial charge in [-0.3, -0.25) is 4.79 Å². The zero-order valence-corrected chi connectivity index (χ0v) is 27.7. The van der Waals surface area contributed by atoms with E-state index < -0.39 is 70.0 Å². The van der Waals surface area contributed by atoms with Crippen LogP contribution in [0.15, 0.2) is 54.7 Å². The molecular weight excluding hydrogens is 717 g/mol. The number of alkyl halides is 9. The summed E-state index contributed by atoms with van der Waals surface area (Å²) in [7, 11) is 1.26. The van der Waals surface area contributed by atoms with E-state index in [0.717, 1.165) is 11.0 Å². The predicted molar refractivity (Wildman–Crippen MR) is 168 cm³/mol. The predicted octanol–water partition coefficient (Wildman–Crippen LogP) is 9.99. The number of aromatic carboxylic acids is 1. The second-order valence-electron chi connectivity index (χ2n) is 11.8. The third-order valence-corrected chi connectivity index (χ3v) is 9.67. The lowest BCUT2D eigenvalue weighted by atomic mass is 9.92. The molecule has 1 fully saturated rings. The maximum absolute atomic E-state index is 13.9. The SMILES string of the molecule is COc1ncc(-c2c(C)cc(C(=O)O)cc2C)cc1-c1ccc(C(F)(F)F)nc1CN1C(=O)SC(c2cc(C(F)(F)F)cc(C(F)(F)F)c2)C1C. The van der Waals surface area contributed by atoms with Gasteiger partial charge in [-0.25, -0.2) is 14.8 Å².